The molecule has 84 valence electrons. The van der Waals surface area contributed by atoms with Gasteiger partial charge in [-0.05, 0) is 35.9 Å². The van der Waals surface area contributed by atoms with Crippen LogP contribution in [0.25, 0.3) is 0 Å². The fraction of sp³-hybridized carbons (Fsp3) is 0.0909. The minimum absolute atomic E-state index is 0.261. The van der Waals surface area contributed by atoms with E-state index in [2.05, 4.69) is 0 Å². The van der Waals surface area contributed by atoms with Crippen molar-refractivity contribution in [1.29, 1.82) is 0 Å². The van der Waals surface area contributed by atoms with Gasteiger partial charge in [0.1, 0.15) is 11.9 Å². The number of aliphatic hydroxyl groups excluding tert-OH is 1. The molecule has 0 spiro atoms. The molecule has 1 unspecified atom stereocenters. The lowest BCUT2D eigenvalue weighted by atomic mass is 10.1. The summed E-state index contributed by atoms with van der Waals surface area (Å²) < 4.78 is 13.7. The van der Waals surface area contributed by atoms with Gasteiger partial charge in [0.15, 0.2) is 0 Å². The predicted molar refractivity (Wildman–Crippen MR) is 64.8 cm³/mol. The van der Waals surface area contributed by atoms with E-state index in [4.69, 9.17) is 23.2 Å². The molecule has 0 bridgehead atoms. The van der Waals surface area contributed by atoms with Crippen molar-refractivity contribution in [2.45, 2.75) is 6.10 Å². The lowest BCUT2D eigenvalue weighted by molar-refractivity contribution is 0.223. The molecular weight excluding hydrogens is 270 g/mol. The molecule has 1 N–H and O–H groups in total. The monoisotopic (exact) mass is 276 g/mol. The Labute approximate surface area is 106 Å². The first-order valence-corrected chi connectivity index (χ1v) is 6.03. The quantitative estimate of drug-likeness (QED) is 0.868. The molecule has 0 aliphatic rings. The topological polar surface area (TPSA) is 20.2 Å². The SMILES string of the molecule is OC(c1cc(F)cc(Cl)c1)c1ccc(Cl)s1. The molecule has 2 rings (SSSR count). The molecule has 1 aromatic heterocycles. The van der Waals surface area contributed by atoms with Gasteiger partial charge in [-0.15, -0.1) is 11.3 Å². The van der Waals surface area contributed by atoms with Gasteiger partial charge < -0.3 is 5.11 Å². The summed E-state index contributed by atoms with van der Waals surface area (Å²) in [6.07, 6.45) is -0.897. The van der Waals surface area contributed by atoms with Crippen LogP contribution in [-0.4, -0.2) is 5.11 Å². The molecule has 0 fully saturated rings. The summed E-state index contributed by atoms with van der Waals surface area (Å²) >= 11 is 12.7. The van der Waals surface area contributed by atoms with Crippen molar-refractivity contribution in [2.75, 3.05) is 0 Å². The number of aliphatic hydroxyl groups is 1. The van der Waals surface area contributed by atoms with Crippen molar-refractivity contribution >= 4 is 34.5 Å². The predicted octanol–water partition coefficient (Wildman–Crippen LogP) is 4.28. The number of halogens is 3. The molecule has 2 aromatic rings. The van der Waals surface area contributed by atoms with E-state index < -0.39 is 11.9 Å². The maximum Gasteiger partial charge on any atom is 0.125 e. The van der Waals surface area contributed by atoms with Gasteiger partial charge in [-0.2, -0.15) is 0 Å². The third-order valence-corrected chi connectivity index (χ3v) is 3.57. The first-order chi connectivity index (χ1) is 7.56. The van der Waals surface area contributed by atoms with Crippen LogP contribution in [0, 0.1) is 5.82 Å². The van der Waals surface area contributed by atoms with Crippen LogP contribution in [0.2, 0.25) is 9.36 Å². The summed E-state index contributed by atoms with van der Waals surface area (Å²) in [5.74, 6) is -0.468. The number of hydrogen-bond donors (Lipinski definition) is 1. The highest BCUT2D eigenvalue weighted by atomic mass is 35.5. The number of hydrogen-bond acceptors (Lipinski definition) is 2. The van der Waals surface area contributed by atoms with E-state index in [1.807, 2.05) is 0 Å². The van der Waals surface area contributed by atoms with Crippen LogP contribution in [0.15, 0.2) is 30.3 Å². The standard InChI is InChI=1S/C11H7Cl2FOS/c12-7-3-6(4-8(14)5-7)11(15)9-1-2-10(13)16-9/h1-5,11,15H. The van der Waals surface area contributed by atoms with Gasteiger partial charge in [0.25, 0.3) is 0 Å². The van der Waals surface area contributed by atoms with E-state index in [0.717, 1.165) is 0 Å². The Morgan fingerprint density at radius 2 is 1.94 bits per heavy atom. The van der Waals surface area contributed by atoms with Crippen molar-refractivity contribution in [3.8, 4) is 0 Å². The molecule has 1 heterocycles. The Morgan fingerprint density at radius 1 is 1.19 bits per heavy atom. The summed E-state index contributed by atoms with van der Waals surface area (Å²) in [4.78, 5) is 0.659. The summed E-state index contributed by atoms with van der Waals surface area (Å²) in [6, 6.07) is 7.37. The molecule has 0 saturated heterocycles. The van der Waals surface area contributed by atoms with Crippen LogP contribution >= 0.6 is 34.5 Å². The number of thiophene rings is 1. The van der Waals surface area contributed by atoms with E-state index >= 15 is 0 Å². The number of rotatable bonds is 2. The molecule has 5 heteroatoms. The average Bonchev–Trinajstić information content (AvgIpc) is 2.62. The minimum Gasteiger partial charge on any atom is -0.383 e. The van der Waals surface area contributed by atoms with Crippen LogP contribution < -0.4 is 0 Å². The van der Waals surface area contributed by atoms with Crippen molar-refractivity contribution in [1.82, 2.24) is 0 Å². The summed E-state index contributed by atoms with van der Waals surface area (Å²) in [7, 11) is 0. The zero-order valence-corrected chi connectivity index (χ0v) is 10.3. The summed E-state index contributed by atoms with van der Waals surface area (Å²) in [5, 5.41) is 10.2. The van der Waals surface area contributed by atoms with Crippen LogP contribution in [0.4, 0.5) is 4.39 Å². The van der Waals surface area contributed by atoms with Gasteiger partial charge in [-0.1, -0.05) is 23.2 Å². The zero-order valence-electron chi connectivity index (χ0n) is 7.95. The Morgan fingerprint density at radius 3 is 2.50 bits per heavy atom. The average molecular weight is 277 g/mol. The molecule has 0 amide bonds. The maximum absolute atomic E-state index is 13.1. The lowest BCUT2D eigenvalue weighted by Crippen LogP contribution is -1.97. The van der Waals surface area contributed by atoms with Gasteiger partial charge in [0.05, 0.1) is 4.34 Å². The van der Waals surface area contributed by atoms with Gasteiger partial charge in [0.2, 0.25) is 0 Å². The summed E-state index contributed by atoms with van der Waals surface area (Å²) in [6.45, 7) is 0. The molecule has 0 saturated carbocycles. The Kier molecular flexibility index (Phi) is 3.50. The highest BCUT2D eigenvalue weighted by Crippen LogP contribution is 2.32. The first-order valence-electron chi connectivity index (χ1n) is 4.45. The van der Waals surface area contributed by atoms with E-state index in [0.29, 0.717) is 14.8 Å². The zero-order chi connectivity index (χ0) is 11.7. The van der Waals surface area contributed by atoms with Crippen LogP contribution in [0.5, 0.6) is 0 Å². The third-order valence-electron chi connectivity index (χ3n) is 2.06. The fourth-order valence-electron chi connectivity index (χ4n) is 1.37. The highest BCUT2D eigenvalue weighted by molar-refractivity contribution is 7.16. The van der Waals surface area contributed by atoms with E-state index in [1.54, 1.807) is 12.1 Å². The second-order valence-corrected chi connectivity index (χ2v) is 5.43. The van der Waals surface area contributed by atoms with Crippen molar-refractivity contribution in [2.24, 2.45) is 0 Å². The van der Waals surface area contributed by atoms with Gasteiger partial charge in [-0.3, -0.25) is 0 Å². The minimum atomic E-state index is -0.897. The second-order valence-electron chi connectivity index (χ2n) is 3.25. The normalized spacial score (nSPS) is 12.8. The summed E-state index contributed by atoms with van der Waals surface area (Å²) in [5.41, 5.74) is 0.420. The van der Waals surface area contributed by atoms with Crippen LogP contribution in [-0.2, 0) is 0 Å². The van der Waals surface area contributed by atoms with Crippen molar-refractivity contribution in [3.63, 3.8) is 0 Å². The molecule has 0 aliphatic heterocycles. The molecule has 1 atom stereocenters. The largest absolute Gasteiger partial charge is 0.383 e. The van der Waals surface area contributed by atoms with Crippen LogP contribution in [0.1, 0.15) is 16.5 Å². The van der Waals surface area contributed by atoms with Gasteiger partial charge in [-0.25, -0.2) is 4.39 Å². The second kappa shape index (κ2) is 4.72. The highest BCUT2D eigenvalue weighted by Gasteiger charge is 2.14. The molecule has 0 radical (unpaired) electrons. The Bertz CT molecular complexity index is 492. The van der Waals surface area contributed by atoms with Crippen molar-refractivity contribution < 1.29 is 9.50 Å². The van der Waals surface area contributed by atoms with Crippen LogP contribution in [0.3, 0.4) is 0 Å². The maximum atomic E-state index is 13.1. The van der Waals surface area contributed by atoms with Gasteiger partial charge >= 0.3 is 0 Å². The smallest absolute Gasteiger partial charge is 0.125 e. The Hall–Kier alpha value is -0.610. The lowest BCUT2D eigenvalue weighted by Gasteiger charge is -2.09. The van der Waals surface area contributed by atoms with E-state index in [-0.39, 0.29) is 5.02 Å². The molecule has 0 aliphatic carbocycles. The molecule has 16 heavy (non-hydrogen) atoms. The molecule has 1 nitrogen and oxygen atoms in total. The Balaban J connectivity index is 2.37. The molecular formula is C11H7Cl2FOS. The third kappa shape index (κ3) is 2.55. The van der Waals surface area contributed by atoms with E-state index in [1.165, 1.54) is 29.5 Å². The fourth-order valence-corrected chi connectivity index (χ4v) is 2.68. The number of benzene rings is 1. The van der Waals surface area contributed by atoms with Gasteiger partial charge in [0, 0.05) is 9.90 Å². The first kappa shape index (κ1) is 11.9. The molecule has 1 aromatic carbocycles. The van der Waals surface area contributed by atoms with E-state index in [9.17, 15) is 9.50 Å². The van der Waals surface area contributed by atoms with Crippen molar-refractivity contribution in [3.05, 3.63) is 55.9 Å².